The van der Waals surface area contributed by atoms with E-state index in [2.05, 4.69) is 4.98 Å². The Morgan fingerprint density at radius 2 is 1.77 bits per heavy atom. The Hall–Kier alpha value is -4.74. The van der Waals surface area contributed by atoms with Crippen LogP contribution in [0, 0.1) is 5.82 Å². The molecule has 0 spiro atoms. The Morgan fingerprint density at radius 3 is 2.58 bits per heavy atom. The molecule has 0 N–H and O–H groups in total. The lowest BCUT2D eigenvalue weighted by Crippen LogP contribution is -2.56. The number of amides is 1. The van der Waals surface area contributed by atoms with Crippen LogP contribution in [0.2, 0.25) is 0 Å². The van der Waals surface area contributed by atoms with Crippen LogP contribution < -0.4 is 9.64 Å². The number of nitrogens with zero attached hydrogens (tertiary/aromatic N) is 4. The lowest BCUT2D eigenvalue weighted by atomic mass is 10.1. The third kappa shape index (κ3) is 8.78. The summed E-state index contributed by atoms with van der Waals surface area (Å²) in [6.45, 7) is 1.63. The average Bonchev–Trinajstić information content (AvgIpc) is 3.50. The van der Waals surface area contributed by atoms with E-state index in [9.17, 15) is 17.6 Å². The fourth-order valence-corrected chi connectivity index (χ4v) is 6.70. The third-order valence-corrected chi connectivity index (χ3v) is 9.44. The molecule has 1 aliphatic carbocycles. The molecule has 6 rings (SSSR count). The molecule has 1 atom stereocenters. The number of sulfone groups is 1. The quantitative estimate of drug-likeness (QED) is 0.175. The SMILES string of the molecule is CS(=O)(=O)CCC1CN(c2ccccc2OC2=CCCC(OCc3ccccc3)=C2)C(=O)CN1Cc1cncn1Cc1cccc(F)c1. The molecule has 1 amide bonds. The summed E-state index contributed by atoms with van der Waals surface area (Å²) < 4.78 is 52.7. The molecule has 250 valence electrons. The van der Waals surface area contributed by atoms with E-state index in [-0.39, 0.29) is 36.6 Å². The summed E-state index contributed by atoms with van der Waals surface area (Å²) in [5.41, 5.74) is 3.34. The Morgan fingerprint density at radius 1 is 0.979 bits per heavy atom. The molecule has 0 saturated carbocycles. The number of carbonyl (C=O) groups excluding carboxylic acids is 1. The second kappa shape index (κ2) is 15.0. The molecule has 48 heavy (non-hydrogen) atoms. The zero-order valence-corrected chi connectivity index (χ0v) is 27.7. The van der Waals surface area contributed by atoms with Gasteiger partial charge >= 0.3 is 0 Å². The molecular weight excluding hydrogens is 631 g/mol. The molecule has 1 aromatic heterocycles. The van der Waals surface area contributed by atoms with Crippen molar-refractivity contribution in [3.63, 3.8) is 0 Å². The Bertz CT molecular complexity index is 1910. The van der Waals surface area contributed by atoms with Crippen LogP contribution in [0.15, 0.2) is 115 Å². The van der Waals surface area contributed by atoms with Gasteiger partial charge < -0.3 is 18.9 Å². The number of para-hydroxylation sites is 2. The van der Waals surface area contributed by atoms with Crippen molar-refractivity contribution in [2.75, 3.05) is 30.0 Å². The van der Waals surface area contributed by atoms with E-state index >= 15 is 0 Å². The van der Waals surface area contributed by atoms with Crippen LogP contribution in [0.1, 0.15) is 36.1 Å². The Kier molecular flexibility index (Phi) is 10.4. The first kappa shape index (κ1) is 33.2. The van der Waals surface area contributed by atoms with Gasteiger partial charge in [-0.15, -0.1) is 0 Å². The van der Waals surface area contributed by atoms with Gasteiger partial charge in [-0.3, -0.25) is 9.69 Å². The monoisotopic (exact) mass is 670 g/mol. The minimum Gasteiger partial charge on any atom is -0.493 e. The van der Waals surface area contributed by atoms with E-state index in [1.807, 2.05) is 82.3 Å². The molecule has 1 aliphatic heterocycles. The molecule has 0 bridgehead atoms. The minimum atomic E-state index is -3.25. The number of imidazole rings is 1. The van der Waals surface area contributed by atoms with Crippen LogP contribution in [0.3, 0.4) is 0 Å². The largest absolute Gasteiger partial charge is 0.493 e. The summed E-state index contributed by atoms with van der Waals surface area (Å²) in [4.78, 5) is 21.8. The van der Waals surface area contributed by atoms with Crippen molar-refractivity contribution in [1.29, 1.82) is 0 Å². The number of aromatic nitrogens is 2. The van der Waals surface area contributed by atoms with Gasteiger partial charge in [0.2, 0.25) is 5.91 Å². The third-order valence-electron chi connectivity index (χ3n) is 8.47. The van der Waals surface area contributed by atoms with Gasteiger partial charge in [0.1, 0.15) is 33.8 Å². The van der Waals surface area contributed by atoms with Crippen molar-refractivity contribution in [3.8, 4) is 5.75 Å². The molecule has 2 heterocycles. The number of ether oxygens (including phenoxy) is 2. The highest BCUT2D eigenvalue weighted by molar-refractivity contribution is 7.90. The lowest BCUT2D eigenvalue weighted by Gasteiger charge is -2.41. The highest BCUT2D eigenvalue weighted by Crippen LogP contribution is 2.34. The molecule has 2 aliphatic rings. The Balaban J connectivity index is 1.18. The zero-order valence-electron chi connectivity index (χ0n) is 26.9. The van der Waals surface area contributed by atoms with E-state index in [1.165, 1.54) is 18.4 Å². The summed E-state index contributed by atoms with van der Waals surface area (Å²) in [7, 11) is -3.25. The molecule has 9 nitrogen and oxygen atoms in total. The molecular formula is C37H39FN4O5S. The maximum absolute atomic E-state index is 13.8. The average molecular weight is 671 g/mol. The first-order valence-corrected chi connectivity index (χ1v) is 18.1. The summed E-state index contributed by atoms with van der Waals surface area (Å²) >= 11 is 0. The van der Waals surface area contributed by atoms with Gasteiger partial charge in [0, 0.05) is 50.6 Å². The second-order valence-electron chi connectivity index (χ2n) is 12.2. The van der Waals surface area contributed by atoms with Crippen molar-refractivity contribution < 1.29 is 27.1 Å². The lowest BCUT2D eigenvalue weighted by molar-refractivity contribution is -0.122. The van der Waals surface area contributed by atoms with Crippen LogP contribution >= 0.6 is 0 Å². The minimum absolute atomic E-state index is 0.0136. The van der Waals surface area contributed by atoms with Gasteiger partial charge in [-0.25, -0.2) is 17.8 Å². The summed E-state index contributed by atoms with van der Waals surface area (Å²) in [5, 5.41) is 0. The Labute approximate surface area is 280 Å². The second-order valence-corrected chi connectivity index (χ2v) is 14.5. The van der Waals surface area contributed by atoms with Crippen LogP contribution in [-0.2, 0) is 39.1 Å². The van der Waals surface area contributed by atoms with Crippen molar-refractivity contribution >= 4 is 21.4 Å². The van der Waals surface area contributed by atoms with Gasteiger partial charge in [0.15, 0.2) is 5.75 Å². The van der Waals surface area contributed by atoms with Crippen LogP contribution in [0.5, 0.6) is 5.75 Å². The van der Waals surface area contributed by atoms with Crippen molar-refractivity contribution in [2.24, 2.45) is 0 Å². The topological polar surface area (TPSA) is 94.0 Å². The normalized spacial score (nSPS) is 17.2. The fraction of sp³-hybridized carbons (Fsp3) is 0.297. The summed E-state index contributed by atoms with van der Waals surface area (Å²) in [6.07, 6.45) is 10.4. The predicted octanol–water partition coefficient (Wildman–Crippen LogP) is 5.88. The van der Waals surface area contributed by atoms with Gasteiger partial charge in [0.05, 0.1) is 30.0 Å². The number of allylic oxidation sites excluding steroid dienone is 3. The number of hydrogen-bond donors (Lipinski definition) is 0. The number of halogens is 1. The fourth-order valence-electron chi connectivity index (χ4n) is 6.00. The van der Waals surface area contributed by atoms with Gasteiger partial charge in [0.25, 0.3) is 0 Å². The van der Waals surface area contributed by atoms with E-state index in [4.69, 9.17) is 9.47 Å². The first-order chi connectivity index (χ1) is 23.2. The molecule has 1 unspecified atom stereocenters. The number of carbonyl (C=O) groups is 1. The molecule has 1 fully saturated rings. The van der Waals surface area contributed by atoms with Crippen LogP contribution in [0.4, 0.5) is 10.1 Å². The number of hydrogen-bond acceptors (Lipinski definition) is 7. The number of piperazine rings is 1. The smallest absolute Gasteiger partial charge is 0.241 e. The van der Waals surface area contributed by atoms with Gasteiger partial charge in [-0.1, -0.05) is 54.6 Å². The number of benzene rings is 3. The maximum atomic E-state index is 13.8. The first-order valence-electron chi connectivity index (χ1n) is 16.0. The zero-order chi connectivity index (χ0) is 33.5. The van der Waals surface area contributed by atoms with Gasteiger partial charge in [-0.05, 0) is 54.3 Å². The highest BCUT2D eigenvalue weighted by atomic mass is 32.2. The predicted molar refractivity (Wildman–Crippen MR) is 182 cm³/mol. The number of rotatable bonds is 13. The number of anilines is 1. The molecule has 4 aromatic rings. The summed E-state index contributed by atoms with van der Waals surface area (Å²) in [5.74, 6) is 1.55. The standard InChI is InChI=1S/C37H39FN4O5S/c1-48(44,45)18-17-31-24-42(37(43)25-40(31)23-32-21-39-27-41(32)22-29-11-7-12-30(38)19-29)35-15-5-6-16-36(35)47-34-14-8-13-33(20-34)46-26-28-9-3-2-4-10-28/h2-7,9-12,14-16,19-21,27,31H,8,13,17-18,22-26H2,1H3. The van der Waals surface area contributed by atoms with Crippen LogP contribution in [-0.4, -0.2) is 59.9 Å². The van der Waals surface area contributed by atoms with Crippen molar-refractivity contribution in [2.45, 2.75) is 45.0 Å². The van der Waals surface area contributed by atoms with Crippen molar-refractivity contribution in [3.05, 3.63) is 138 Å². The van der Waals surface area contributed by atoms with E-state index in [0.29, 0.717) is 43.3 Å². The van der Waals surface area contributed by atoms with Crippen LogP contribution in [0.25, 0.3) is 0 Å². The highest BCUT2D eigenvalue weighted by Gasteiger charge is 2.35. The maximum Gasteiger partial charge on any atom is 0.241 e. The van der Waals surface area contributed by atoms with E-state index < -0.39 is 9.84 Å². The van der Waals surface area contributed by atoms with Gasteiger partial charge in [-0.2, -0.15) is 0 Å². The summed E-state index contributed by atoms with van der Waals surface area (Å²) in [6, 6.07) is 23.5. The van der Waals surface area contributed by atoms with E-state index in [1.54, 1.807) is 23.5 Å². The van der Waals surface area contributed by atoms with Crippen molar-refractivity contribution in [1.82, 2.24) is 14.5 Å². The molecule has 3 aromatic carbocycles. The molecule has 1 saturated heterocycles. The molecule has 0 radical (unpaired) electrons. The molecule has 11 heteroatoms. The van der Waals surface area contributed by atoms with E-state index in [0.717, 1.165) is 35.4 Å².